The summed E-state index contributed by atoms with van der Waals surface area (Å²) in [6, 6.07) is -0.546. The van der Waals surface area contributed by atoms with Gasteiger partial charge in [-0.25, -0.2) is 4.98 Å². The number of likely N-dealkylation sites (tertiary alicyclic amines) is 1. The first kappa shape index (κ1) is 18.2. The van der Waals surface area contributed by atoms with Crippen LogP contribution >= 0.6 is 11.3 Å². The maximum Gasteiger partial charge on any atom is 0.434 e. The number of piperidine rings is 1. The number of carbonyl (C=O) groups excluding carboxylic acids is 1. The van der Waals surface area contributed by atoms with Crippen molar-refractivity contribution in [3.8, 4) is 0 Å². The molecule has 0 spiro atoms. The molecular formula is C15H22F3N3OS. The van der Waals surface area contributed by atoms with Crippen molar-refractivity contribution in [1.29, 1.82) is 0 Å². The minimum absolute atomic E-state index is 0.115. The molecule has 1 saturated heterocycles. The fourth-order valence-corrected chi connectivity index (χ4v) is 3.78. The third-order valence-corrected chi connectivity index (χ3v) is 4.94. The van der Waals surface area contributed by atoms with Crippen LogP contribution in [0.4, 0.5) is 13.2 Å². The van der Waals surface area contributed by atoms with Gasteiger partial charge in [0.15, 0.2) is 5.69 Å². The quantitative estimate of drug-likeness (QED) is 0.908. The highest BCUT2D eigenvalue weighted by molar-refractivity contribution is 7.09. The lowest BCUT2D eigenvalue weighted by Crippen LogP contribution is -2.48. The molecule has 0 unspecified atom stereocenters. The van der Waals surface area contributed by atoms with Crippen molar-refractivity contribution in [3.05, 3.63) is 16.1 Å². The molecule has 1 aromatic rings. The summed E-state index contributed by atoms with van der Waals surface area (Å²) in [5.74, 6) is 0.0684. The van der Waals surface area contributed by atoms with Gasteiger partial charge in [0, 0.05) is 24.4 Å². The molecule has 0 saturated carbocycles. The van der Waals surface area contributed by atoms with Crippen molar-refractivity contribution < 1.29 is 18.0 Å². The summed E-state index contributed by atoms with van der Waals surface area (Å²) in [4.78, 5) is 17.8. The number of carbonyl (C=O) groups is 1. The first-order chi connectivity index (χ1) is 10.7. The Balaban J connectivity index is 2.03. The van der Waals surface area contributed by atoms with Crippen LogP contribution in [0.5, 0.6) is 0 Å². The largest absolute Gasteiger partial charge is 0.434 e. The average molecular weight is 349 g/mol. The van der Waals surface area contributed by atoms with Gasteiger partial charge in [-0.2, -0.15) is 13.2 Å². The number of aromatic nitrogens is 1. The van der Waals surface area contributed by atoms with Crippen LogP contribution in [0.25, 0.3) is 0 Å². The molecule has 2 N–H and O–H groups in total. The van der Waals surface area contributed by atoms with E-state index in [2.05, 4.69) is 4.98 Å². The van der Waals surface area contributed by atoms with E-state index in [0.29, 0.717) is 30.4 Å². The lowest BCUT2D eigenvalue weighted by molar-refractivity contribution is -0.141. The summed E-state index contributed by atoms with van der Waals surface area (Å²) in [5, 5.41) is 1.49. The van der Waals surface area contributed by atoms with E-state index in [4.69, 9.17) is 5.73 Å². The highest BCUT2D eigenvalue weighted by atomic mass is 32.1. The van der Waals surface area contributed by atoms with Crippen molar-refractivity contribution in [2.45, 2.75) is 51.2 Å². The second-order valence-corrected chi connectivity index (χ2v) is 7.32. The molecule has 0 bridgehead atoms. The van der Waals surface area contributed by atoms with Crippen molar-refractivity contribution in [2.24, 2.45) is 11.7 Å². The number of rotatable bonds is 4. The van der Waals surface area contributed by atoms with E-state index in [-0.39, 0.29) is 11.8 Å². The number of thiazole rings is 1. The Morgan fingerprint density at radius 2 is 2.22 bits per heavy atom. The van der Waals surface area contributed by atoms with Crippen molar-refractivity contribution in [1.82, 2.24) is 9.88 Å². The van der Waals surface area contributed by atoms with Crippen molar-refractivity contribution >= 4 is 17.2 Å². The Morgan fingerprint density at radius 1 is 1.52 bits per heavy atom. The molecule has 0 aliphatic carbocycles. The van der Waals surface area contributed by atoms with E-state index in [0.717, 1.165) is 29.6 Å². The maximum absolute atomic E-state index is 12.7. The lowest BCUT2D eigenvalue weighted by Gasteiger charge is -2.33. The summed E-state index contributed by atoms with van der Waals surface area (Å²) in [5.41, 5.74) is 5.09. The molecule has 0 aromatic carbocycles. The molecule has 4 nitrogen and oxygen atoms in total. The van der Waals surface area contributed by atoms with Crippen LogP contribution in [0.2, 0.25) is 0 Å². The van der Waals surface area contributed by atoms with Crippen LogP contribution < -0.4 is 5.73 Å². The maximum atomic E-state index is 12.7. The second kappa shape index (κ2) is 7.17. The molecular weight excluding hydrogens is 327 g/mol. The highest BCUT2D eigenvalue weighted by Crippen LogP contribution is 2.35. The Bertz CT molecular complexity index is 544. The molecule has 0 radical (unpaired) electrons. The Labute approximate surface area is 137 Å². The zero-order valence-electron chi connectivity index (χ0n) is 13.3. The zero-order chi connectivity index (χ0) is 17.2. The van der Waals surface area contributed by atoms with Crippen LogP contribution in [0, 0.1) is 5.92 Å². The average Bonchev–Trinajstić information content (AvgIpc) is 2.95. The van der Waals surface area contributed by atoms with E-state index in [9.17, 15) is 18.0 Å². The number of alkyl halides is 3. The van der Waals surface area contributed by atoms with E-state index < -0.39 is 17.9 Å². The second-order valence-electron chi connectivity index (χ2n) is 6.43. The normalized spacial score (nSPS) is 20.8. The third kappa shape index (κ3) is 4.67. The Kier molecular flexibility index (Phi) is 5.67. The van der Waals surface area contributed by atoms with Gasteiger partial charge in [-0.05, 0) is 25.2 Å². The minimum atomic E-state index is -4.42. The minimum Gasteiger partial charge on any atom is -0.341 e. The molecule has 1 aliphatic heterocycles. The summed E-state index contributed by atoms with van der Waals surface area (Å²) < 4.78 is 38.0. The summed E-state index contributed by atoms with van der Waals surface area (Å²) >= 11 is 1.02. The predicted octanol–water partition coefficient (Wildman–Crippen LogP) is 3.24. The molecule has 2 atom stereocenters. The van der Waals surface area contributed by atoms with E-state index in [1.807, 2.05) is 13.8 Å². The van der Waals surface area contributed by atoms with Crippen LogP contribution in [0.3, 0.4) is 0 Å². The SMILES string of the molecule is CC(C)C[C@H](N)C(=O)N1CCC[C@@H](c2nc(C(F)(F)F)cs2)C1. The number of halogens is 3. The molecule has 1 fully saturated rings. The van der Waals surface area contributed by atoms with Gasteiger partial charge < -0.3 is 10.6 Å². The fraction of sp³-hybridized carbons (Fsp3) is 0.733. The molecule has 23 heavy (non-hydrogen) atoms. The first-order valence-electron chi connectivity index (χ1n) is 7.75. The fourth-order valence-electron chi connectivity index (χ4n) is 2.83. The van der Waals surface area contributed by atoms with Crippen LogP contribution in [0.15, 0.2) is 5.38 Å². The van der Waals surface area contributed by atoms with Crippen LogP contribution in [-0.2, 0) is 11.0 Å². The molecule has 1 aliphatic rings. The number of hydrogen-bond acceptors (Lipinski definition) is 4. The lowest BCUT2D eigenvalue weighted by atomic mass is 9.96. The van der Waals surface area contributed by atoms with Gasteiger partial charge in [0.1, 0.15) is 0 Å². The van der Waals surface area contributed by atoms with Gasteiger partial charge in [0.25, 0.3) is 0 Å². The van der Waals surface area contributed by atoms with Crippen molar-refractivity contribution in [2.75, 3.05) is 13.1 Å². The third-order valence-electron chi connectivity index (χ3n) is 3.94. The van der Waals surface area contributed by atoms with Gasteiger partial charge in [0.05, 0.1) is 11.0 Å². The van der Waals surface area contributed by atoms with Crippen molar-refractivity contribution in [3.63, 3.8) is 0 Å². The van der Waals surface area contributed by atoms with E-state index in [1.54, 1.807) is 4.90 Å². The Morgan fingerprint density at radius 3 is 2.78 bits per heavy atom. The standard InChI is InChI=1S/C15H22F3N3OS/c1-9(2)6-11(19)14(22)21-5-3-4-10(7-21)13-20-12(8-23-13)15(16,17)18/h8-11H,3-7,19H2,1-2H3/t10-,11+/m1/s1. The summed E-state index contributed by atoms with van der Waals surface area (Å²) in [7, 11) is 0. The topological polar surface area (TPSA) is 59.2 Å². The number of nitrogens with zero attached hydrogens (tertiary/aromatic N) is 2. The van der Waals surface area contributed by atoms with Gasteiger partial charge in [0.2, 0.25) is 5.91 Å². The first-order valence-corrected chi connectivity index (χ1v) is 8.63. The van der Waals surface area contributed by atoms with Gasteiger partial charge in [-0.3, -0.25) is 4.79 Å². The highest BCUT2D eigenvalue weighted by Gasteiger charge is 2.36. The zero-order valence-corrected chi connectivity index (χ0v) is 14.1. The monoisotopic (exact) mass is 349 g/mol. The molecule has 2 heterocycles. The smallest absolute Gasteiger partial charge is 0.341 e. The molecule has 1 aromatic heterocycles. The van der Waals surface area contributed by atoms with E-state index >= 15 is 0 Å². The molecule has 1 amide bonds. The Hall–Kier alpha value is -1.15. The summed E-state index contributed by atoms with van der Waals surface area (Å²) in [6.45, 7) is 5.01. The number of nitrogens with two attached hydrogens (primary N) is 1. The summed E-state index contributed by atoms with van der Waals surface area (Å²) in [6.07, 6.45) is -2.31. The molecule has 130 valence electrons. The van der Waals surface area contributed by atoms with Gasteiger partial charge in [-0.15, -0.1) is 11.3 Å². The molecule has 2 rings (SSSR count). The number of amides is 1. The van der Waals surface area contributed by atoms with Crippen LogP contribution in [-0.4, -0.2) is 34.9 Å². The van der Waals surface area contributed by atoms with Gasteiger partial charge >= 0.3 is 6.18 Å². The predicted molar refractivity (Wildman–Crippen MR) is 83.1 cm³/mol. The van der Waals surface area contributed by atoms with E-state index in [1.165, 1.54) is 0 Å². The van der Waals surface area contributed by atoms with Crippen LogP contribution in [0.1, 0.15) is 49.7 Å². The molecule has 8 heteroatoms. The number of hydrogen-bond donors (Lipinski definition) is 1. The van der Waals surface area contributed by atoms with Gasteiger partial charge in [-0.1, -0.05) is 13.8 Å².